The van der Waals surface area contributed by atoms with E-state index in [9.17, 15) is 0 Å². The fourth-order valence-electron chi connectivity index (χ4n) is 7.83. The summed E-state index contributed by atoms with van der Waals surface area (Å²) in [7, 11) is -1.23. The third-order valence-corrected chi connectivity index (χ3v) is 13.0. The maximum atomic E-state index is 6.57. The predicted octanol–water partition coefficient (Wildman–Crippen LogP) is 13.4. The van der Waals surface area contributed by atoms with Crippen LogP contribution in [0.25, 0.3) is 72.4 Å². The normalized spacial score (nSPS) is 11.6. The second-order valence-corrected chi connectivity index (χ2v) is 21.9. The number of para-hydroxylation sites is 1. The van der Waals surface area contributed by atoms with Crippen LogP contribution in [0.5, 0.6) is 0 Å². The molecule has 0 fully saturated rings. The Morgan fingerprint density at radius 2 is 1.42 bits per heavy atom. The molecule has 0 aliphatic carbocycles. The number of pyridine rings is 2. The Morgan fingerprint density at radius 1 is 0.729 bits per heavy atom. The molecule has 59 heavy (non-hydrogen) atoms. The van der Waals surface area contributed by atoms with Crippen molar-refractivity contribution in [3.8, 4) is 39.5 Å². The zero-order chi connectivity index (χ0) is 40.7. The number of nitrogens with zero attached hydrogens (tertiary/aromatic N) is 4. The Hall–Kier alpha value is -5.46. The summed E-state index contributed by atoms with van der Waals surface area (Å²) in [6.07, 6.45) is 3.86. The second kappa shape index (κ2) is 17.0. The molecule has 0 amide bonds. The Balaban J connectivity index is 0.000000262. The first-order valence-corrected chi connectivity index (χ1v) is 23.7. The van der Waals surface area contributed by atoms with Crippen molar-refractivity contribution in [3.63, 3.8) is 0 Å². The number of hydrogen-bond acceptors (Lipinski definition) is 4. The van der Waals surface area contributed by atoms with E-state index in [0.29, 0.717) is 0 Å². The van der Waals surface area contributed by atoms with Gasteiger partial charge in [-0.15, -0.1) is 53.6 Å². The number of benzene rings is 5. The summed E-state index contributed by atoms with van der Waals surface area (Å²) in [5, 5.41) is 3.62. The molecule has 0 unspecified atom stereocenters. The molecule has 0 saturated heterocycles. The molecule has 1 radical (unpaired) electrons. The van der Waals surface area contributed by atoms with Crippen molar-refractivity contribution < 1.29 is 24.5 Å². The van der Waals surface area contributed by atoms with E-state index in [1.54, 1.807) is 0 Å². The van der Waals surface area contributed by atoms with Gasteiger partial charge in [-0.3, -0.25) is 9.97 Å². The molecule has 0 atom stereocenters. The first kappa shape index (κ1) is 41.7. The first-order valence-electron chi connectivity index (χ1n) is 20.2. The zero-order valence-electron chi connectivity index (χ0n) is 35.3. The maximum Gasteiger partial charge on any atom is 0.120 e. The molecule has 299 valence electrons. The minimum atomic E-state index is -1.23. The van der Waals surface area contributed by atoms with Crippen molar-refractivity contribution >= 4 is 46.2 Å². The molecular weight excluding hydrogens is 917 g/mol. The van der Waals surface area contributed by atoms with E-state index in [4.69, 9.17) is 14.4 Å². The average molecular weight is 967 g/mol. The number of imidazole rings is 1. The molecule has 7 heteroatoms. The van der Waals surface area contributed by atoms with Crippen molar-refractivity contribution in [1.82, 2.24) is 19.5 Å². The van der Waals surface area contributed by atoms with Crippen LogP contribution < -0.4 is 5.19 Å². The van der Waals surface area contributed by atoms with Gasteiger partial charge in [0, 0.05) is 43.6 Å². The monoisotopic (exact) mass is 967 g/mol. The van der Waals surface area contributed by atoms with Crippen molar-refractivity contribution in [1.29, 1.82) is 0 Å². The molecule has 0 bridgehead atoms. The van der Waals surface area contributed by atoms with E-state index in [0.717, 1.165) is 66.9 Å². The van der Waals surface area contributed by atoms with Gasteiger partial charge < -0.3 is 14.0 Å². The number of hydrogen-bond donors (Lipinski definition) is 0. The van der Waals surface area contributed by atoms with Crippen molar-refractivity contribution in [2.45, 2.75) is 73.0 Å². The van der Waals surface area contributed by atoms with Gasteiger partial charge in [-0.05, 0) is 76.2 Å². The minimum Gasteiger partial charge on any atom is -0.501 e. The topological polar surface area (TPSA) is 56.7 Å². The van der Waals surface area contributed by atoms with Crippen molar-refractivity contribution in [2.75, 3.05) is 0 Å². The summed E-state index contributed by atoms with van der Waals surface area (Å²) < 4.78 is 8.91. The third kappa shape index (κ3) is 8.12. The molecule has 0 saturated carbocycles. The van der Waals surface area contributed by atoms with E-state index < -0.39 is 8.07 Å². The first-order chi connectivity index (χ1) is 27.9. The van der Waals surface area contributed by atoms with Crippen LogP contribution in [0.2, 0.25) is 19.6 Å². The molecule has 4 heterocycles. The van der Waals surface area contributed by atoms with Gasteiger partial charge in [0.1, 0.15) is 5.58 Å². The van der Waals surface area contributed by atoms with E-state index in [-0.39, 0.29) is 31.9 Å². The largest absolute Gasteiger partial charge is 0.501 e. The van der Waals surface area contributed by atoms with E-state index in [1.807, 2.05) is 54.9 Å². The van der Waals surface area contributed by atoms with Gasteiger partial charge >= 0.3 is 0 Å². The summed E-state index contributed by atoms with van der Waals surface area (Å²) in [5.41, 5.74) is 14.8. The Labute approximate surface area is 363 Å². The van der Waals surface area contributed by atoms with Gasteiger partial charge in [0.2, 0.25) is 0 Å². The number of aromatic nitrogens is 4. The van der Waals surface area contributed by atoms with Gasteiger partial charge in [-0.25, -0.2) is 0 Å². The summed E-state index contributed by atoms with van der Waals surface area (Å²) >= 11 is 0. The molecule has 9 aromatic rings. The third-order valence-electron chi connectivity index (χ3n) is 11.0. The van der Waals surface area contributed by atoms with Crippen LogP contribution in [-0.2, 0) is 20.1 Å². The Bertz CT molecular complexity index is 2860. The van der Waals surface area contributed by atoms with Crippen molar-refractivity contribution in [2.24, 2.45) is 0 Å². The standard InChI is InChI=1S/C38H34N3O.C14H16NSi.Ir/c1-22(2)30-20-27(26-12-8-7-9-13-26)21-31(23(3)4)36(30)41-35-25(6)39-19-18-32(35)40-38(41)29-17-16-24(5)34-28-14-10-11-15-33(28)42-37(29)34;1-16(2,3)13-9-10-14(15-11-13)12-7-5-4-6-8-12;/h7-16,18-23H,1-6H3;4-7,9-11H,1-3H3;/q2*-1;. The van der Waals surface area contributed by atoms with Gasteiger partial charge in [0.05, 0.1) is 36.2 Å². The van der Waals surface area contributed by atoms with Crippen LogP contribution in [0, 0.1) is 26.0 Å². The molecule has 5 aromatic carbocycles. The Morgan fingerprint density at radius 3 is 2.07 bits per heavy atom. The fourth-order valence-corrected chi connectivity index (χ4v) is 8.86. The van der Waals surface area contributed by atoms with Crippen LogP contribution in [0.4, 0.5) is 0 Å². The summed E-state index contributed by atoms with van der Waals surface area (Å²) in [5.74, 6) is 1.37. The fraction of sp³-hybridized carbons (Fsp3) is 0.212. The van der Waals surface area contributed by atoms with Gasteiger partial charge in [-0.2, -0.15) is 0 Å². The van der Waals surface area contributed by atoms with Gasteiger partial charge in [-0.1, -0.05) is 126 Å². The second-order valence-electron chi connectivity index (χ2n) is 16.8. The minimum absolute atomic E-state index is 0. The molecule has 5 nitrogen and oxygen atoms in total. The van der Waals surface area contributed by atoms with Crippen LogP contribution in [0.3, 0.4) is 0 Å². The molecular formula is C52H50IrN4OSi-2. The summed E-state index contributed by atoms with van der Waals surface area (Å²) in [6, 6.07) is 46.7. The average Bonchev–Trinajstić information content (AvgIpc) is 3.82. The summed E-state index contributed by atoms with van der Waals surface area (Å²) in [4.78, 5) is 14.5. The van der Waals surface area contributed by atoms with E-state index in [1.165, 1.54) is 33.1 Å². The van der Waals surface area contributed by atoms with Crippen LogP contribution in [-0.4, -0.2) is 27.6 Å². The van der Waals surface area contributed by atoms with Crippen molar-refractivity contribution in [3.05, 3.63) is 162 Å². The Kier molecular flexibility index (Phi) is 12.0. The van der Waals surface area contributed by atoms with Crippen LogP contribution >= 0.6 is 0 Å². The van der Waals surface area contributed by atoms with Crippen LogP contribution in [0.1, 0.15) is 61.9 Å². The van der Waals surface area contributed by atoms with Gasteiger partial charge in [0.15, 0.2) is 0 Å². The molecule has 9 rings (SSSR count). The summed E-state index contributed by atoms with van der Waals surface area (Å²) in [6.45, 7) is 20.3. The number of rotatable bonds is 7. The predicted molar refractivity (Wildman–Crippen MR) is 245 cm³/mol. The maximum absolute atomic E-state index is 6.57. The quantitative estimate of drug-likeness (QED) is 0.118. The molecule has 0 aliphatic heterocycles. The number of furan rings is 1. The van der Waals surface area contributed by atoms with Gasteiger partial charge in [0.25, 0.3) is 0 Å². The molecule has 0 N–H and O–H groups in total. The molecule has 0 spiro atoms. The molecule has 4 aromatic heterocycles. The van der Waals surface area contributed by atoms with E-state index >= 15 is 0 Å². The zero-order valence-corrected chi connectivity index (χ0v) is 38.7. The van der Waals surface area contributed by atoms with Crippen LogP contribution in [0.15, 0.2) is 132 Å². The smallest absolute Gasteiger partial charge is 0.120 e. The molecule has 0 aliphatic rings. The number of aryl methyl sites for hydroxylation is 2. The van der Waals surface area contributed by atoms with E-state index in [2.05, 4.69) is 156 Å². The SMILES string of the molecule is C[Si](C)(C)c1ccc(-c2[c-]cccc2)nc1.Cc1c[c-]c(-c2nc3ccnc(C)c3n2-c2c(C(C)C)cc(-c3ccccc3)cc2C(C)C)c2oc3ccccc3c12.[Ir]. The number of fused-ring (bicyclic) bond motifs is 4.